The van der Waals surface area contributed by atoms with Gasteiger partial charge in [-0.25, -0.2) is 0 Å². The Morgan fingerprint density at radius 1 is 1.38 bits per heavy atom. The Balaban J connectivity index is 1.86. The molecule has 2 aliphatic heterocycles. The van der Waals surface area contributed by atoms with Crippen molar-refractivity contribution in [2.45, 2.75) is 30.8 Å². The van der Waals surface area contributed by atoms with Crippen LogP contribution in [0.15, 0.2) is 18.2 Å². The van der Waals surface area contributed by atoms with Crippen molar-refractivity contribution in [3.05, 3.63) is 34.9 Å². The monoisotopic (exact) mass is 305 g/mol. The molecule has 0 aliphatic carbocycles. The molecule has 3 rings (SSSR count). The van der Waals surface area contributed by atoms with E-state index in [1.54, 1.807) is 12.1 Å². The first-order valence-corrected chi connectivity index (χ1v) is 7.19. The number of hydrogen-bond donors (Lipinski definition) is 3. The van der Waals surface area contributed by atoms with E-state index in [9.17, 15) is 14.4 Å². The largest absolute Gasteiger partial charge is 0.366 e. The van der Waals surface area contributed by atoms with Crippen LogP contribution in [0.2, 0.25) is 0 Å². The van der Waals surface area contributed by atoms with Crippen molar-refractivity contribution in [2.75, 3.05) is 0 Å². The van der Waals surface area contributed by atoms with Gasteiger partial charge in [-0.1, -0.05) is 6.07 Å². The van der Waals surface area contributed by atoms with Crippen molar-refractivity contribution in [2.24, 2.45) is 5.73 Å². The fourth-order valence-electron chi connectivity index (χ4n) is 2.89. The second-order valence-corrected chi connectivity index (χ2v) is 5.78. The second-order valence-electron chi connectivity index (χ2n) is 5.29. The highest BCUT2D eigenvalue weighted by atomic mass is 32.1. The zero-order valence-corrected chi connectivity index (χ0v) is 12.1. The van der Waals surface area contributed by atoms with Crippen molar-refractivity contribution in [3.8, 4) is 0 Å². The Labute approximate surface area is 127 Å². The predicted octanol–water partition coefficient (Wildman–Crippen LogP) is 0.335. The van der Waals surface area contributed by atoms with Gasteiger partial charge in [0.15, 0.2) is 0 Å². The van der Waals surface area contributed by atoms with Gasteiger partial charge in [-0.3, -0.25) is 24.6 Å². The summed E-state index contributed by atoms with van der Waals surface area (Å²) in [6.45, 7) is 0.511. The minimum Gasteiger partial charge on any atom is -0.366 e. The first-order chi connectivity index (χ1) is 9.97. The molecule has 110 valence electrons. The van der Waals surface area contributed by atoms with Crippen LogP contribution in [0.25, 0.3) is 0 Å². The molecule has 3 amide bonds. The molecule has 1 fully saturated rings. The molecule has 0 saturated carbocycles. The maximum Gasteiger partial charge on any atom is 0.248 e. The van der Waals surface area contributed by atoms with Crippen LogP contribution in [0.5, 0.6) is 0 Å². The Hall–Kier alpha value is -1.86. The topological polar surface area (TPSA) is 92.5 Å². The van der Waals surface area contributed by atoms with Gasteiger partial charge in [0.05, 0.1) is 11.4 Å². The number of nitrogens with two attached hydrogens (primary N) is 1. The molecule has 0 radical (unpaired) electrons. The van der Waals surface area contributed by atoms with E-state index in [1.807, 2.05) is 11.0 Å². The molecular weight excluding hydrogens is 290 g/mol. The van der Waals surface area contributed by atoms with Crippen LogP contribution in [0.3, 0.4) is 0 Å². The maximum atomic E-state index is 12.0. The lowest BCUT2D eigenvalue weighted by molar-refractivity contribution is -0.137. The third-order valence-electron chi connectivity index (χ3n) is 3.98. The molecule has 2 aliphatic rings. The number of hydrogen-bond acceptors (Lipinski definition) is 5. The molecule has 21 heavy (non-hydrogen) atoms. The summed E-state index contributed by atoms with van der Waals surface area (Å²) in [7, 11) is 0. The minimum absolute atomic E-state index is 0.231. The normalized spacial score (nSPS) is 25.6. The Morgan fingerprint density at radius 2 is 2.14 bits per heavy atom. The van der Waals surface area contributed by atoms with Crippen molar-refractivity contribution in [1.82, 2.24) is 10.2 Å². The van der Waals surface area contributed by atoms with E-state index in [4.69, 9.17) is 5.73 Å². The van der Waals surface area contributed by atoms with Gasteiger partial charge in [0.2, 0.25) is 17.7 Å². The van der Waals surface area contributed by atoms with Gasteiger partial charge in [-0.15, -0.1) is 0 Å². The highest BCUT2D eigenvalue weighted by Gasteiger charge is 2.39. The molecule has 1 saturated heterocycles. The third kappa shape index (κ3) is 2.43. The van der Waals surface area contributed by atoms with E-state index in [0.29, 0.717) is 24.9 Å². The van der Waals surface area contributed by atoms with E-state index in [2.05, 4.69) is 17.9 Å². The first-order valence-electron chi connectivity index (χ1n) is 6.67. The number of carbonyl (C=O) groups is 3. The van der Waals surface area contributed by atoms with E-state index in [0.717, 1.165) is 11.1 Å². The molecular formula is C14H15N3O3S. The van der Waals surface area contributed by atoms with Crippen LogP contribution >= 0.6 is 12.6 Å². The van der Waals surface area contributed by atoms with Gasteiger partial charge in [0.1, 0.15) is 0 Å². The highest BCUT2D eigenvalue weighted by molar-refractivity contribution is 7.80. The van der Waals surface area contributed by atoms with Crippen molar-refractivity contribution in [1.29, 1.82) is 0 Å². The van der Waals surface area contributed by atoms with Crippen LogP contribution in [-0.2, 0) is 16.1 Å². The average molecular weight is 305 g/mol. The fraction of sp³-hybridized carbons (Fsp3) is 0.357. The standard InChI is InChI=1S/C14H15N3O3S/c15-12(19)7-1-2-9-8(5-7)6-17(14(9)21)10-3-4-11(18)16-13(10)20/h1-2,5,10,14,21H,3-4,6H2,(H2,15,19)(H,16,18,20). The average Bonchev–Trinajstić information content (AvgIpc) is 2.75. The number of nitrogens with zero attached hydrogens (tertiary/aromatic N) is 1. The van der Waals surface area contributed by atoms with Crippen LogP contribution in [-0.4, -0.2) is 28.7 Å². The Bertz CT molecular complexity index is 646. The summed E-state index contributed by atoms with van der Waals surface area (Å²) in [5.74, 6) is -0.999. The number of rotatable bonds is 2. The SMILES string of the molecule is NC(=O)c1ccc2c(c1)CN(C1CCC(=O)NC1=O)C2S. The summed E-state index contributed by atoms with van der Waals surface area (Å²) in [6, 6.07) is 4.85. The number of nitrogens with one attached hydrogen (secondary N) is 1. The molecule has 7 heteroatoms. The number of primary amides is 1. The van der Waals surface area contributed by atoms with E-state index in [1.165, 1.54) is 0 Å². The van der Waals surface area contributed by atoms with Crippen molar-refractivity contribution < 1.29 is 14.4 Å². The van der Waals surface area contributed by atoms with E-state index >= 15 is 0 Å². The molecule has 0 spiro atoms. The summed E-state index contributed by atoms with van der Waals surface area (Å²) < 4.78 is 0. The summed E-state index contributed by atoms with van der Waals surface area (Å²) in [5, 5.41) is 2.12. The maximum absolute atomic E-state index is 12.0. The number of piperidine rings is 1. The number of amides is 3. The number of benzene rings is 1. The van der Waals surface area contributed by atoms with Crippen molar-refractivity contribution >= 4 is 30.4 Å². The summed E-state index contributed by atoms with van der Waals surface area (Å²) >= 11 is 4.57. The van der Waals surface area contributed by atoms with Gasteiger partial charge < -0.3 is 5.73 Å². The summed E-state index contributed by atoms with van der Waals surface area (Å²) in [6.07, 6.45) is 0.814. The number of thiol groups is 1. The molecule has 2 atom stereocenters. The van der Waals surface area contributed by atoms with Gasteiger partial charge in [0.25, 0.3) is 0 Å². The van der Waals surface area contributed by atoms with E-state index in [-0.39, 0.29) is 23.2 Å². The van der Waals surface area contributed by atoms with Gasteiger partial charge in [-0.05, 0) is 29.7 Å². The predicted molar refractivity (Wildman–Crippen MR) is 78.4 cm³/mol. The second kappa shape index (κ2) is 5.16. The number of imide groups is 1. The minimum atomic E-state index is -0.479. The molecule has 2 heterocycles. The van der Waals surface area contributed by atoms with E-state index < -0.39 is 5.91 Å². The molecule has 0 bridgehead atoms. The van der Waals surface area contributed by atoms with Crippen LogP contribution in [0.4, 0.5) is 0 Å². The Morgan fingerprint density at radius 3 is 2.81 bits per heavy atom. The molecule has 1 aromatic rings. The molecule has 1 aromatic carbocycles. The summed E-state index contributed by atoms with van der Waals surface area (Å²) in [5.41, 5.74) is 7.63. The zero-order chi connectivity index (χ0) is 15.1. The molecule has 2 unspecified atom stereocenters. The Kier molecular flexibility index (Phi) is 3.46. The first kappa shape index (κ1) is 14.1. The zero-order valence-electron chi connectivity index (χ0n) is 11.2. The van der Waals surface area contributed by atoms with Crippen LogP contribution in [0, 0.1) is 0 Å². The van der Waals surface area contributed by atoms with Gasteiger partial charge in [0, 0.05) is 18.5 Å². The molecule has 0 aromatic heterocycles. The lowest BCUT2D eigenvalue weighted by atomic mass is 10.0. The van der Waals surface area contributed by atoms with Gasteiger partial charge >= 0.3 is 0 Å². The third-order valence-corrected chi connectivity index (χ3v) is 4.56. The quantitative estimate of drug-likeness (QED) is 0.542. The smallest absolute Gasteiger partial charge is 0.248 e. The van der Waals surface area contributed by atoms with Crippen LogP contribution < -0.4 is 11.1 Å². The fourth-order valence-corrected chi connectivity index (χ4v) is 3.38. The highest BCUT2D eigenvalue weighted by Crippen LogP contribution is 2.39. The summed E-state index contributed by atoms with van der Waals surface area (Å²) in [4.78, 5) is 36.4. The lowest BCUT2D eigenvalue weighted by Gasteiger charge is -2.32. The van der Waals surface area contributed by atoms with Crippen molar-refractivity contribution in [3.63, 3.8) is 0 Å². The molecule has 6 nitrogen and oxygen atoms in total. The lowest BCUT2D eigenvalue weighted by Crippen LogP contribution is -2.51. The molecule has 3 N–H and O–H groups in total. The number of fused-ring (bicyclic) bond motifs is 1. The number of carbonyl (C=O) groups excluding carboxylic acids is 3. The van der Waals surface area contributed by atoms with Crippen LogP contribution in [0.1, 0.15) is 39.7 Å². The van der Waals surface area contributed by atoms with Gasteiger partial charge in [-0.2, -0.15) is 12.6 Å².